The predicted molar refractivity (Wildman–Crippen MR) is 71.8 cm³/mol. The van der Waals surface area contributed by atoms with Gasteiger partial charge in [0.25, 0.3) is 0 Å². The Labute approximate surface area is 107 Å². The molecule has 0 aliphatic carbocycles. The second kappa shape index (κ2) is 5.27. The molecule has 2 rings (SSSR count). The summed E-state index contributed by atoms with van der Waals surface area (Å²) in [4.78, 5) is 4.34. The summed E-state index contributed by atoms with van der Waals surface area (Å²) >= 11 is 0. The first-order valence-electron chi connectivity index (χ1n) is 6.07. The number of aromatic nitrogens is 2. The van der Waals surface area contributed by atoms with E-state index < -0.39 is 0 Å². The average molecular weight is 249 g/mol. The van der Waals surface area contributed by atoms with Crippen molar-refractivity contribution < 1.29 is 9.47 Å². The summed E-state index contributed by atoms with van der Waals surface area (Å²) in [6.45, 7) is 5.40. The number of nitrogens with two attached hydrogens (primary N) is 1. The number of imidazole rings is 1. The Balaban J connectivity index is 2.35. The molecule has 0 fully saturated rings. The van der Waals surface area contributed by atoms with Gasteiger partial charge in [0, 0.05) is 12.7 Å². The van der Waals surface area contributed by atoms with E-state index in [1.54, 1.807) is 7.11 Å². The van der Waals surface area contributed by atoms with Gasteiger partial charge in [-0.05, 0) is 26.0 Å². The molecule has 2 N–H and O–H groups in total. The number of nitrogens with zero attached hydrogens (tertiary/aromatic N) is 2. The zero-order chi connectivity index (χ0) is 13.1. The first kappa shape index (κ1) is 12.7. The summed E-state index contributed by atoms with van der Waals surface area (Å²) in [6, 6.07) is 5.76. The number of anilines is 1. The topological polar surface area (TPSA) is 62.3 Å². The molecule has 0 aliphatic heterocycles. The van der Waals surface area contributed by atoms with Gasteiger partial charge >= 0.3 is 0 Å². The minimum Gasteiger partial charge on any atom is -0.497 e. The van der Waals surface area contributed by atoms with E-state index in [0.717, 1.165) is 16.8 Å². The number of ether oxygens (including phenoxy) is 2. The van der Waals surface area contributed by atoms with Gasteiger partial charge in [-0.15, -0.1) is 0 Å². The van der Waals surface area contributed by atoms with Crippen LogP contribution < -0.4 is 10.5 Å². The van der Waals surface area contributed by atoms with Crippen LogP contribution in [0.25, 0.3) is 11.0 Å². The molecule has 5 nitrogen and oxygen atoms in total. The van der Waals surface area contributed by atoms with Crippen molar-refractivity contribution in [2.75, 3.05) is 19.5 Å². The predicted octanol–water partition coefficient (Wildman–Crippen LogP) is 2.05. The summed E-state index contributed by atoms with van der Waals surface area (Å²) < 4.78 is 12.7. The van der Waals surface area contributed by atoms with E-state index in [0.29, 0.717) is 19.1 Å². The smallest absolute Gasteiger partial charge is 0.201 e. The molecule has 18 heavy (non-hydrogen) atoms. The summed E-state index contributed by atoms with van der Waals surface area (Å²) in [5.41, 5.74) is 7.79. The lowest BCUT2D eigenvalue weighted by molar-refractivity contribution is 0.0652. The lowest BCUT2D eigenvalue weighted by Crippen LogP contribution is -2.17. The van der Waals surface area contributed by atoms with Crippen LogP contribution in [0.4, 0.5) is 5.95 Å². The van der Waals surface area contributed by atoms with Crippen molar-refractivity contribution >= 4 is 17.0 Å². The average Bonchev–Trinajstić information content (AvgIpc) is 2.65. The maximum Gasteiger partial charge on any atom is 0.201 e. The van der Waals surface area contributed by atoms with Gasteiger partial charge in [-0.1, -0.05) is 0 Å². The summed E-state index contributed by atoms with van der Waals surface area (Å²) in [5, 5.41) is 0. The fraction of sp³-hybridized carbons (Fsp3) is 0.462. The van der Waals surface area contributed by atoms with E-state index in [1.165, 1.54) is 0 Å². The largest absolute Gasteiger partial charge is 0.497 e. The van der Waals surface area contributed by atoms with Gasteiger partial charge in [0.1, 0.15) is 5.75 Å². The van der Waals surface area contributed by atoms with Crippen LogP contribution in [0.5, 0.6) is 5.75 Å². The Hall–Kier alpha value is -1.75. The standard InChI is InChI=1S/C13H19N3O2/c1-4-18-9(2)8-16-12-6-5-10(17-3)7-11(12)15-13(16)14/h5-7,9H,4,8H2,1-3H3,(H2,14,15). The fourth-order valence-electron chi connectivity index (χ4n) is 2.04. The fourth-order valence-corrected chi connectivity index (χ4v) is 2.04. The van der Waals surface area contributed by atoms with E-state index >= 15 is 0 Å². The van der Waals surface area contributed by atoms with Crippen molar-refractivity contribution in [3.63, 3.8) is 0 Å². The van der Waals surface area contributed by atoms with E-state index in [9.17, 15) is 0 Å². The van der Waals surface area contributed by atoms with Gasteiger partial charge in [-0.25, -0.2) is 4.98 Å². The van der Waals surface area contributed by atoms with Crippen molar-refractivity contribution in [1.82, 2.24) is 9.55 Å². The van der Waals surface area contributed by atoms with Gasteiger partial charge in [-0.2, -0.15) is 0 Å². The number of hydrogen-bond acceptors (Lipinski definition) is 4. The summed E-state index contributed by atoms with van der Waals surface area (Å²) in [5.74, 6) is 1.29. The molecule has 98 valence electrons. The molecule has 5 heteroatoms. The number of fused-ring (bicyclic) bond motifs is 1. The molecule has 0 saturated carbocycles. The van der Waals surface area contributed by atoms with Crippen LogP contribution >= 0.6 is 0 Å². The third-order valence-electron chi connectivity index (χ3n) is 2.88. The van der Waals surface area contributed by atoms with Crippen molar-refractivity contribution in [1.29, 1.82) is 0 Å². The molecule has 0 saturated heterocycles. The Morgan fingerprint density at radius 1 is 1.44 bits per heavy atom. The molecule has 0 aliphatic rings. The number of methoxy groups -OCH3 is 1. The second-order valence-corrected chi connectivity index (χ2v) is 4.20. The molecule has 1 atom stereocenters. The van der Waals surface area contributed by atoms with Crippen LogP contribution in [0, 0.1) is 0 Å². The van der Waals surface area contributed by atoms with Crippen molar-refractivity contribution in [3.8, 4) is 5.75 Å². The number of hydrogen-bond donors (Lipinski definition) is 1. The monoisotopic (exact) mass is 249 g/mol. The van der Waals surface area contributed by atoms with Gasteiger partial charge in [0.05, 0.1) is 30.8 Å². The summed E-state index contributed by atoms with van der Waals surface area (Å²) in [7, 11) is 1.64. The highest BCUT2D eigenvalue weighted by atomic mass is 16.5. The highest BCUT2D eigenvalue weighted by molar-refractivity contribution is 5.79. The van der Waals surface area contributed by atoms with E-state index in [-0.39, 0.29) is 6.10 Å². The molecule has 0 amide bonds. The second-order valence-electron chi connectivity index (χ2n) is 4.20. The Morgan fingerprint density at radius 2 is 2.22 bits per heavy atom. The highest BCUT2D eigenvalue weighted by Gasteiger charge is 2.11. The van der Waals surface area contributed by atoms with Crippen LogP contribution in [-0.4, -0.2) is 29.4 Å². The number of nitrogen functional groups attached to an aromatic ring is 1. The molecule has 2 aromatic rings. The van der Waals surface area contributed by atoms with Gasteiger partial charge in [0.2, 0.25) is 5.95 Å². The van der Waals surface area contributed by atoms with Crippen LogP contribution in [-0.2, 0) is 11.3 Å². The van der Waals surface area contributed by atoms with Crippen LogP contribution in [0.1, 0.15) is 13.8 Å². The minimum absolute atomic E-state index is 0.108. The van der Waals surface area contributed by atoms with Gasteiger partial charge in [0.15, 0.2) is 0 Å². The van der Waals surface area contributed by atoms with Crippen molar-refractivity contribution in [2.45, 2.75) is 26.5 Å². The number of benzene rings is 1. The molecular weight excluding hydrogens is 230 g/mol. The molecule has 1 heterocycles. The van der Waals surface area contributed by atoms with Crippen LogP contribution in [0.15, 0.2) is 18.2 Å². The number of rotatable bonds is 5. The first-order chi connectivity index (χ1) is 8.65. The van der Waals surface area contributed by atoms with E-state index in [4.69, 9.17) is 15.2 Å². The van der Waals surface area contributed by atoms with Crippen molar-refractivity contribution in [3.05, 3.63) is 18.2 Å². The lowest BCUT2D eigenvalue weighted by Gasteiger charge is -2.14. The lowest BCUT2D eigenvalue weighted by atomic mass is 10.3. The van der Waals surface area contributed by atoms with Gasteiger partial charge in [-0.3, -0.25) is 0 Å². The van der Waals surface area contributed by atoms with Gasteiger partial charge < -0.3 is 19.8 Å². The zero-order valence-electron chi connectivity index (χ0n) is 11.0. The van der Waals surface area contributed by atoms with Crippen molar-refractivity contribution in [2.24, 2.45) is 0 Å². The summed E-state index contributed by atoms with van der Waals surface area (Å²) in [6.07, 6.45) is 0.108. The maximum atomic E-state index is 5.94. The van der Waals surface area contributed by atoms with Crippen LogP contribution in [0.2, 0.25) is 0 Å². The molecule has 0 bridgehead atoms. The third-order valence-corrected chi connectivity index (χ3v) is 2.88. The molecule has 1 unspecified atom stereocenters. The molecule has 0 radical (unpaired) electrons. The Morgan fingerprint density at radius 3 is 2.89 bits per heavy atom. The first-order valence-corrected chi connectivity index (χ1v) is 6.07. The zero-order valence-corrected chi connectivity index (χ0v) is 11.0. The van der Waals surface area contributed by atoms with E-state index in [1.807, 2.05) is 36.6 Å². The van der Waals surface area contributed by atoms with E-state index in [2.05, 4.69) is 4.98 Å². The normalized spacial score (nSPS) is 12.8. The minimum atomic E-state index is 0.108. The quantitative estimate of drug-likeness (QED) is 0.881. The third kappa shape index (κ3) is 2.41. The molecular formula is C13H19N3O2. The highest BCUT2D eigenvalue weighted by Crippen LogP contribution is 2.23. The SMILES string of the molecule is CCOC(C)Cn1c(N)nc2cc(OC)ccc21. The maximum absolute atomic E-state index is 5.94. The molecule has 0 spiro atoms. The Kier molecular flexibility index (Phi) is 3.72. The molecule has 1 aromatic carbocycles. The Bertz CT molecular complexity index is 536. The molecule has 1 aromatic heterocycles. The van der Waals surface area contributed by atoms with Crippen LogP contribution in [0.3, 0.4) is 0 Å².